The molecule has 0 radical (unpaired) electrons. The molecular formula is C17H23N3O5. The van der Waals surface area contributed by atoms with Crippen LogP contribution in [-0.2, 0) is 14.3 Å². The van der Waals surface area contributed by atoms with Crippen LogP contribution in [0.2, 0.25) is 0 Å². The van der Waals surface area contributed by atoms with E-state index in [2.05, 4.69) is 15.5 Å². The van der Waals surface area contributed by atoms with Gasteiger partial charge in [-0.15, -0.1) is 0 Å². The van der Waals surface area contributed by atoms with Crippen LogP contribution in [0.15, 0.2) is 18.2 Å². The predicted molar refractivity (Wildman–Crippen MR) is 90.9 cm³/mol. The van der Waals surface area contributed by atoms with Crippen molar-refractivity contribution in [2.24, 2.45) is 0 Å². The van der Waals surface area contributed by atoms with E-state index in [9.17, 15) is 9.59 Å². The standard InChI is InChI=1S/C17H23N3O5/c21-16(18-3-4-20-5-7-23-8-6-20)12-17(22)19-13-1-2-14-15(11-13)25-10-9-24-14/h1-2,11H,3-10,12H2,(H,18,21)(H,19,22). The number of carbonyl (C=O) groups excluding carboxylic acids is 2. The maximum atomic E-state index is 12.0. The summed E-state index contributed by atoms with van der Waals surface area (Å²) >= 11 is 0. The summed E-state index contributed by atoms with van der Waals surface area (Å²) in [6.45, 7) is 5.49. The highest BCUT2D eigenvalue weighted by molar-refractivity contribution is 6.03. The lowest BCUT2D eigenvalue weighted by atomic mass is 10.2. The molecule has 25 heavy (non-hydrogen) atoms. The second kappa shape index (κ2) is 8.68. The molecule has 0 aromatic heterocycles. The molecule has 2 heterocycles. The molecule has 8 heteroatoms. The summed E-state index contributed by atoms with van der Waals surface area (Å²) in [6, 6.07) is 5.16. The van der Waals surface area contributed by atoms with Crippen molar-refractivity contribution in [3.63, 3.8) is 0 Å². The average Bonchev–Trinajstić information content (AvgIpc) is 2.62. The lowest BCUT2D eigenvalue weighted by Crippen LogP contribution is -2.41. The number of nitrogens with zero attached hydrogens (tertiary/aromatic N) is 1. The van der Waals surface area contributed by atoms with Crippen molar-refractivity contribution in [2.75, 3.05) is 57.9 Å². The van der Waals surface area contributed by atoms with Gasteiger partial charge >= 0.3 is 0 Å². The topological polar surface area (TPSA) is 89.1 Å². The first-order valence-corrected chi connectivity index (χ1v) is 8.47. The third-order valence-electron chi connectivity index (χ3n) is 4.00. The van der Waals surface area contributed by atoms with Crippen LogP contribution in [0.4, 0.5) is 5.69 Å². The van der Waals surface area contributed by atoms with E-state index in [0.29, 0.717) is 36.9 Å². The summed E-state index contributed by atoms with van der Waals surface area (Å²) in [7, 11) is 0. The van der Waals surface area contributed by atoms with Gasteiger partial charge in [-0.2, -0.15) is 0 Å². The van der Waals surface area contributed by atoms with Gasteiger partial charge in [-0.05, 0) is 12.1 Å². The summed E-state index contributed by atoms with van der Waals surface area (Å²) in [5, 5.41) is 5.47. The van der Waals surface area contributed by atoms with Gasteiger partial charge in [-0.3, -0.25) is 14.5 Å². The number of benzene rings is 1. The highest BCUT2D eigenvalue weighted by atomic mass is 16.6. The van der Waals surface area contributed by atoms with E-state index in [1.807, 2.05) is 0 Å². The molecule has 1 aromatic carbocycles. The van der Waals surface area contributed by atoms with Crippen molar-refractivity contribution in [3.05, 3.63) is 18.2 Å². The minimum absolute atomic E-state index is 0.211. The van der Waals surface area contributed by atoms with Crippen LogP contribution in [0.3, 0.4) is 0 Å². The van der Waals surface area contributed by atoms with Crippen LogP contribution in [0.5, 0.6) is 11.5 Å². The predicted octanol–water partition coefficient (Wildman–Crippen LogP) is 0.235. The first-order chi connectivity index (χ1) is 12.2. The summed E-state index contributed by atoms with van der Waals surface area (Å²) in [5.74, 6) is 0.605. The Balaban J connectivity index is 1.38. The SMILES string of the molecule is O=C(CC(=O)Nc1ccc2c(c1)OCCO2)NCCN1CCOCC1. The highest BCUT2D eigenvalue weighted by Gasteiger charge is 2.15. The molecule has 136 valence electrons. The minimum Gasteiger partial charge on any atom is -0.486 e. The second-order valence-electron chi connectivity index (χ2n) is 5.89. The van der Waals surface area contributed by atoms with Gasteiger partial charge in [0.1, 0.15) is 19.6 Å². The molecule has 2 amide bonds. The van der Waals surface area contributed by atoms with Gasteiger partial charge in [0.15, 0.2) is 11.5 Å². The van der Waals surface area contributed by atoms with Gasteiger partial charge < -0.3 is 24.8 Å². The summed E-state index contributed by atoms with van der Waals surface area (Å²) in [4.78, 5) is 26.1. The maximum Gasteiger partial charge on any atom is 0.233 e. The van der Waals surface area contributed by atoms with Crippen LogP contribution >= 0.6 is 0 Å². The molecule has 2 aliphatic heterocycles. The van der Waals surface area contributed by atoms with E-state index in [1.54, 1.807) is 18.2 Å². The molecule has 1 saturated heterocycles. The Kier molecular flexibility index (Phi) is 6.08. The fourth-order valence-electron chi connectivity index (χ4n) is 2.71. The van der Waals surface area contributed by atoms with Gasteiger partial charge in [0.2, 0.25) is 11.8 Å². The van der Waals surface area contributed by atoms with E-state index in [-0.39, 0.29) is 18.2 Å². The van der Waals surface area contributed by atoms with Crippen molar-refractivity contribution < 1.29 is 23.8 Å². The first kappa shape index (κ1) is 17.5. The number of hydrogen-bond donors (Lipinski definition) is 2. The van der Waals surface area contributed by atoms with Crippen molar-refractivity contribution in [1.29, 1.82) is 0 Å². The van der Waals surface area contributed by atoms with Crippen LogP contribution in [-0.4, -0.2) is 69.3 Å². The Morgan fingerprint density at radius 1 is 1.00 bits per heavy atom. The average molecular weight is 349 g/mol. The van der Waals surface area contributed by atoms with Crippen LogP contribution in [0.25, 0.3) is 0 Å². The van der Waals surface area contributed by atoms with Gasteiger partial charge in [0, 0.05) is 37.9 Å². The van der Waals surface area contributed by atoms with E-state index >= 15 is 0 Å². The molecule has 0 unspecified atom stereocenters. The largest absolute Gasteiger partial charge is 0.486 e. The number of rotatable bonds is 6. The molecule has 3 rings (SSSR count). The Morgan fingerprint density at radius 3 is 2.56 bits per heavy atom. The normalized spacial score (nSPS) is 17.0. The summed E-state index contributed by atoms with van der Waals surface area (Å²) < 4.78 is 16.2. The highest BCUT2D eigenvalue weighted by Crippen LogP contribution is 2.32. The van der Waals surface area contributed by atoms with E-state index in [1.165, 1.54) is 0 Å². The number of fused-ring (bicyclic) bond motifs is 1. The zero-order valence-corrected chi connectivity index (χ0v) is 14.1. The monoisotopic (exact) mass is 349 g/mol. The summed E-state index contributed by atoms with van der Waals surface area (Å²) in [6.07, 6.45) is -0.211. The van der Waals surface area contributed by atoms with Gasteiger partial charge in [0.25, 0.3) is 0 Å². The second-order valence-corrected chi connectivity index (χ2v) is 5.89. The lowest BCUT2D eigenvalue weighted by molar-refractivity contribution is -0.126. The zero-order valence-electron chi connectivity index (χ0n) is 14.1. The number of morpholine rings is 1. The molecule has 0 saturated carbocycles. The van der Waals surface area contributed by atoms with Gasteiger partial charge in [0.05, 0.1) is 13.2 Å². The number of ether oxygens (including phenoxy) is 3. The van der Waals surface area contributed by atoms with Gasteiger partial charge in [-0.1, -0.05) is 0 Å². The molecule has 2 N–H and O–H groups in total. The van der Waals surface area contributed by atoms with Crippen molar-refractivity contribution >= 4 is 17.5 Å². The Labute approximate surface area is 146 Å². The Hall–Kier alpha value is -2.32. The van der Waals surface area contributed by atoms with Crippen molar-refractivity contribution in [2.45, 2.75) is 6.42 Å². The smallest absolute Gasteiger partial charge is 0.233 e. The van der Waals surface area contributed by atoms with Crippen LogP contribution in [0, 0.1) is 0 Å². The molecule has 0 atom stereocenters. The van der Waals surface area contributed by atoms with Crippen LogP contribution in [0.1, 0.15) is 6.42 Å². The van der Waals surface area contributed by atoms with Gasteiger partial charge in [-0.25, -0.2) is 0 Å². The fraction of sp³-hybridized carbons (Fsp3) is 0.529. The maximum absolute atomic E-state index is 12.0. The number of carbonyl (C=O) groups is 2. The molecular weight excluding hydrogens is 326 g/mol. The molecule has 0 spiro atoms. The number of amides is 2. The first-order valence-electron chi connectivity index (χ1n) is 8.47. The number of anilines is 1. The quantitative estimate of drug-likeness (QED) is 0.715. The van der Waals surface area contributed by atoms with E-state index in [4.69, 9.17) is 14.2 Å². The zero-order chi connectivity index (χ0) is 17.5. The molecule has 2 aliphatic rings. The molecule has 1 fully saturated rings. The van der Waals surface area contributed by atoms with E-state index in [0.717, 1.165) is 32.8 Å². The Bertz CT molecular complexity index is 616. The van der Waals surface area contributed by atoms with Crippen LogP contribution < -0.4 is 20.1 Å². The lowest BCUT2D eigenvalue weighted by Gasteiger charge is -2.26. The third-order valence-corrected chi connectivity index (χ3v) is 4.00. The molecule has 0 bridgehead atoms. The summed E-state index contributed by atoms with van der Waals surface area (Å²) in [5.41, 5.74) is 0.579. The Morgan fingerprint density at radius 2 is 1.76 bits per heavy atom. The molecule has 8 nitrogen and oxygen atoms in total. The fourth-order valence-corrected chi connectivity index (χ4v) is 2.71. The number of nitrogens with one attached hydrogen (secondary N) is 2. The van der Waals surface area contributed by atoms with Crippen molar-refractivity contribution in [3.8, 4) is 11.5 Å². The van der Waals surface area contributed by atoms with Crippen molar-refractivity contribution in [1.82, 2.24) is 10.2 Å². The molecule has 0 aliphatic carbocycles. The van der Waals surface area contributed by atoms with E-state index < -0.39 is 0 Å². The third kappa shape index (κ3) is 5.33. The number of hydrogen-bond acceptors (Lipinski definition) is 6. The minimum atomic E-state index is -0.361. The molecule has 1 aromatic rings.